The summed E-state index contributed by atoms with van der Waals surface area (Å²) in [6, 6.07) is 17.5. The van der Waals surface area contributed by atoms with Crippen LogP contribution < -0.4 is 10.6 Å². The van der Waals surface area contributed by atoms with Gasteiger partial charge in [-0.3, -0.25) is 0 Å². The van der Waals surface area contributed by atoms with Crippen molar-refractivity contribution in [2.75, 3.05) is 13.2 Å². The van der Waals surface area contributed by atoms with Crippen LogP contribution in [0, 0.1) is 11.8 Å². The maximum absolute atomic E-state index is 10.2. The van der Waals surface area contributed by atoms with Gasteiger partial charge < -0.3 is 20.8 Å². The molecular weight excluding hydrogens is 444 g/mol. The summed E-state index contributed by atoms with van der Waals surface area (Å²) in [4.78, 5) is 0. The minimum atomic E-state index is -0.0909. The third-order valence-corrected chi connectivity index (χ3v) is 7.40. The first-order valence-electron chi connectivity index (χ1n) is 13.6. The first-order chi connectivity index (χ1) is 16.7. The van der Waals surface area contributed by atoms with E-state index in [-0.39, 0.29) is 60.0 Å². The van der Waals surface area contributed by atoms with Crippen molar-refractivity contribution in [3.63, 3.8) is 0 Å². The Kier molecular flexibility index (Phi) is 10.8. The van der Waals surface area contributed by atoms with Crippen molar-refractivity contribution in [1.82, 2.24) is 10.6 Å². The van der Waals surface area contributed by atoms with Crippen molar-refractivity contribution in [3.05, 3.63) is 70.8 Å². The lowest BCUT2D eigenvalue weighted by atomic mass is 9.83. The van der Waals surface area contributed by atoms with Gasteiger partial charge in [-0.25, -0.2) is 0 Å². The average molecular weight is 497 g/mol. The molecule has 0 aliphatic carbocycles. The summed E-state index contributed by atoms with van der Waals surface area (Å²) >= 11 is 0. The standard InChI is InChI=1S/C32H52N2O2/c1-21(2)27(19-35)33-29(23-11-15-25(16-12-23)31(5,6)7)30(34-28(20-36)22(3)4)24-13-17-26(18-14-24)32(8,9)10/h11-18,21-22,27-30,33-36H,19-20H2,1-10H3/t27-,28-,29-,30-/m1/s1. The van der Waals surface area contributed by atoms with Crippen LogP contribution in [-0.4, -0.2) is 35.5 Å². The second-order valence-corrected chi connectivity index (χ2v) is 13.1. The van der Waals surface area contributed by atoms with E-state index >= 15 is 0 Å². The molecule has 4 N–H and O–H groups in total. The van der Waals surface area contributed by atoms with Crippen molar-refractivity contribution >= 4 is 0 Å². The Morgan fingerprint density at radius 2 is 0.833 bits per heavy atom. The van der Waals surface area contributed by atoms with Crippen LogP contribution in [0.3, 0.4) is 0 Å². The molecule has 0 fully saturated rings. The molecule has 0 aromatic heterocycles. The van der Waals surface area contributed by atoms with E-state index in [1.165, 1.54) is 22.3 Å². The molecule has 0 aliphatic rings. The van der Waals surface area contributed by atoms with Gasteiger partial charge in [-0.2, -0.15) is 0 Å². The third kappa shape index (κ3) is 8.14. The second-order valence-electron chi connectivity index (χ2n) is 13.1. The zero-order chi connectivity index (χ0) is 27.3. The normalized spacial score (nSPS) is 16.3. The Morgan fingerprint density at radius 1 is 0.556 bits per heavy atom. The van der Waals surface area contributed by atoms with E-state index < -0.39 is 0 Å². The van der Waals surface area contributed by atoms with Crippen LogP contribution in [0.25, 0.3) is 0 Å². The van der Waals surface area contributed by atoms with Crippen LogP contribution in [0.15, 0.2) is 48.5 Å². The van der Waals surface area contributed by atoms with Crippen LogP contribution in [0.1, 0.15) is 104 Å². The molecule has 0 amide bonds. The van der Waals surface area contributed by atoms with Crippen molar-refractivity contribution in [2.45, 2.75) is 104 Å². The Bertz CT molecular complexity index is 828. The van der Waals surface area contributed by atoms with Gasteiger partial charge >= 0.3 is 0 Å². The fourth-order valence-electron chi connectivity index (χ4n) is 4.52. The second kappa shape index (κ2) is 12.7. The van der Waals surface area contributed by atoms with Gasteiger partial charge in [0, 0.05) is 12.1 Å². The van der Waals surface area contributed by atoms with Gasteiger partial charge in [0.05, 0.1) is 25.3 Å². The molecule has 202 valence electrons. The van der Waals surface area contributed by atoms with Gasteiger partial charge in [0.1, 0.15) is 0 Å². The minimum Gasteiger partial charge on any atom is -0.395 e. The minimum absolute atomic E-state index is 0.0536. The van der Waals surface area contributed by atoms with E-state index in [9.17, 15) is 10.2 Å². The van der Waals surface area contributed by atoms with Crippen LogP contribution in [0.2, 0.25) is 0 Å². The molecular formula is C32H52N2O2. The van der Waals surface area contributed by atoms with Crippen LogP contribution in [-0.2, 0) is 10.8 Å². The highest BCUT2D eigenvalue weighted by Crippen LogP contribution is 2.34. The van der Waals surface area contributed by atoms with Crippen LogP contribution in [0.5, 0.6) is 0 Å². The Balaban J connectivity index is 2.63. The third-order valence-electron chi connectivity index (χ3n) is 7.40. The molecule has 0 heterocycles. The summed E-state index contributed by atoms with van der Waals surface area (Å²) in [5, 5.41) is 28.0. The fraction of sp³-hybridized carbons (Fsp3) is 0.625. The lowest BCUT2D eigenvalue weighted by molar-refractivity contribution is 0.165. The summed E-state index contributed by atoms with van der Waals surface area (Å²) in [5.41, 5.74) is 5.07. The van der Waals surface area contributed by atoms with Gasteiger partial charge in [-0.15, -0.1) is 0 Å². The molecule has 4 heteroatoms. The van der Waals surface area contributed by atoms with E-state index in [4.69, 9.17) is 0 Å². The summed E-state index contributed by atoms with van der Waals surface area (Å²) in [6.45, 7) is 22.1. The average Bonchev–Trinajstić information content (AvgIpc) is 2.80. The molecule has 2 aromatic carbocycles. The number of nitrogens with one attached hydrogen (secondary N) is 2. The van der Waals surface area contributed by atoms with E-state index in [1.54, 1.807) is 0 Å². The number of aliphatic hydroxyl groups excluding tert-OH is 2. The van der Waals surface area contributed by atoms with E-state index in [0.29, 0.717) is 0 Å². The van der Waals surface area contributed by atoms with Gasteiger partial charge in [-0.05, 0) is 44.9 Å². The Hall–Kier alpha value is -1.72. The van der Waals surface area contributed by atoms with E-state index in [1.807, 2.05) is 0 Å². The van der Waals surface area contributed by atoms with Crippen LogP contribution in [0.4, 0.5) is 0 Å². The molecule has 36 heavy (non-hydrogen) atoms. The number of rotatable bonds is 11. The highest BCUT2D eigenvalue weighted by atomic mass is 16.3. The van der Waals surface area contributed by atoms with Crippen molar-refractivity contribution in [1.29, 1.82) is 0 Å². The smallest absolute Gasteiger partial charge is 0.0587 e. The van der Waals surface area contributed by atoms with E-state index in [0.717, 1.165) is 0 Å². The largest absolute Gasteiger partial charge is 0.395 e. The number of hydrogen-bond acceptors (Lipinski definition) is 4. The maximum Gasteiger partial charge on any atom is 0.0587 e. The molecule has 0 unspecified atom stereocenters. The topological polar surface area (TPSA) is 64.5 Å². The molecule has 4 nitrogen and oxygen atoms in total. The predicted octanol–water partition coefficient (Wildman–Crippen LogP) is 6.28. The summed E-state index contributed by atoms with van der Waals surface area (Å²) in [7, 11) is 0. The van der Waals surface area contributed by atoms with Crippen LogP contribution >= 0.6 is 0 Å². The van der Waals surface area contributed by atoms with Crippen molar-refractivity contribution in [3.8, 4) is 0 Å². The first kappa shape index (κ1) is 30.5. The summed E-state index contributed by atoms with van der Waals surface area (Å²) < 4.78 is 0. The molecule has 4 atom stereocenters. The predicted molar refractivity (Wildman–Crippen MR) is 153 cm³/mol. The van der Waals surface area contributed by atoms with Gasteiger partial charge in [0.25, 0.3) is 0 Å². The lowest BCUT2D eigenvalue weighted by Gasteiger charge is -2.37. The first-order valence-corrected chi connectivity index (χ1v) is 13.6. The van der Waals surface area contributed by atoms with Gasteiger partial charge in [0.2, 0.25) is 0 Å². The molecule has 2 rings (SSSR count). The highest BCUT2D eigenvalue weighted by Gasteiger charge is 2.31. The molecule has 0 saturated carbocycles. The number of benzene rings is 2. The van der Waals surface area contributed by atoms with Crippen molar-refractivity contribution < 1.29 is 10.2 Å². The van der Waals surface area contributed by atoms with Gasteiger partial charge in [-0.1, -0.05) is 118 Å². The molecule has 0 saturated heterocycles. The quantitative estimate of drug-likeness (QED) is 0.296. The molecule has 0 aliphatic heterocycles. The number of hydrogen-bond donors (Lipinski definition) is 4. The maximum atomic E-state index is 10.2. The van der Waals surface area contributed by atoms with Gasteiger partial charge in [0.15, 0.2) is 0 Å². The summed E-state index contributed by atoms with van der Waals surface area (Å²) in [6.07, 6.45) is 0. The fourth-order valence-corrected chi connectivity index (χ4v) is 4.52. The summed E-state index contributed by atoms with van der Waals surface area (Å²) in [5.74, 6) is 0.544. The lowest BCUT2D eigenvalue weighted by Crippen LogP contribution is -2.48. The Labute approximate surface area is 220 Å². The molecule has 0 spiro atoms. The molecule has 0 radical (unpaired) electrons. The number of aliphatic hydroxyl groups is 2. The van der Waals surface area contributed by atoms with Crippen molar-refractivity contribution in [2.24, 2.45) is 11.8 Å². The molecule has 2 aromatic rings. The zero-order valence-corrected chi connectivity index (χ0v) is 24.4. The highest BCUT2D eigenvalue weighted by molar-refractivity contribution is 5.35. The molecule has 0 bridgehead atoms. The monoisotopic (exact) mass is 496 g/mol. The Morgan fingerprint density at radius 3 is 1.03 bits per heavy atom. The SMILES string of the molecule is CC(C)[C@@H](CO)N[C@H](c1ccc(C(C)(C)C)cc1)[C@H](N[C@H](CO)C(C)C)c1ccc(C(C)(C)C)cc1. The zero-order valence-electron chi connectivity index (χ0n) is 24.4. The van der Waals surface area contributed by atoms with E-state index in [2.05, 4.69) is 128 Å².